The largest absolute Gasteiger partial charge is 0.435 e. The third-order valence-corrected chi connectivity index (χ3v) is 3.32. The molecule has 0 aromatic carbocycles. The first kappa shape index (κ1) is 17.0. The maximum absolute atomic E-state index is 12.6. The molecule has 1 N–H and O–H groups in total. The average Bonchev–Trinajstić information content (AvgIpc) is 3.09. The molecule has 0 spiro atoms. The number of carbonyl (C=O) groups is 1. The van der Waals surface area contributed by atoms with Gasteiger partial charge in [0.2, 0.25) is 5.91 Å². The molecule has 0 saturated carbocycles. The number of hydrogen-bond donors (Lipinski definition) is 1. The van der Waals surface area contributed by atoms with Crippen molar-refractivity contribution in [3.63, 3.8) is 0 Å². The molecule has 0 aliphatic heterocycles. The number of rotatable bonds is 6. The normalized spacial score (nSPS) is 11.7. The van der Waals surface area contributed by atoms with Gasteiger partial charge in [-0.1, -0.05) is 0 Å². The number of aryl methyl sites for hydroxylation is 3. The molecule has 0 unspecified atom stereocenters. The fourth-order valence-electron chi connectivity index (χ4n) is 2.04. The van der Waals surface area contributed by atoms with E-state index in [0.29, 0.717) is 12.2 Å². The minimum absolute atomic E-state index is 0.0573. The lowest BCUT2D eigenvalue weighted by molar-refractivity contribution is -0.141. The van der Waals surface area contributed by atoms with Gasteiger partial charge in [0.25, 0.3) is 0 Å². The van der Waals surface area contributed by atoms with Crippen molar-refractivity contribution in [3.05, 3.63) is 35.4 Å². The number of carbonyl (C=O) groups excluding carboxylic acids is 1. The molecular weight excluding hydrogens is 311 g/mol. The standard InChI is InChI=1S/C14H18F3N5O/c1-3-21-9-11(8-19-21)7-18-13(23)4-5-22-10(2)6-12(20-22)14(15,16)17/h6,8-9H,3-5,7H2,1-2H3,(H,18,23). The van der Waals surface area contributed by atoms with Gasteiger partial charge < -0.3 is 5.32 Å². The van der Waals surface area contributed by atoms with Crippen LogP contribution in [0.1, 0.15) is 30.3 Å². The average molecular weight is 329 g/mol. The summed E-state index contributed by atoms with van der Waals surface area (Å²) < 4.78 is 40.6. The number of nitrogens with one attached hydrogen (secondary N) is 1. The van der Waals surface area contributed by atoms with E-state index in [1.807, 2.05) is 13.1 Å². The van der Waals surface area contributed by atoms with Gasteiger partial charge in [-0.15, -0.1) is 0 Å². The molecule has 0 atom stereocenters. The van der Waals surface area contributed by atoms with E-state index in [4.69, 9.17) is 0 Å². The SMILES string of the molecule is CCn1cc(CNC(=O)CCn2nc(C(F)(F)F)cc2C)cn1. The third kappa shape index (κ3) is 4.57. The number of hydrogen-bond acceptors (Lipinski definition) is 3. The molecular formula is C14H18F3N5O. The van der Waals surface area contributed by atoms with Crippen LogP contribution in [-0.2, 0) is 30.6 Å². The summed E-state index contributed by atoms with van der Waals surface area (Å²) in [6, 6.07) is 0.969. The van der Waals surface area contributed by atoms with Crippen LogP contribution in [0.5, 0.6) is 0 Å². The van der Waals surface area contributed by atoms with Gasteiger partial charge in [0.15, 0.2) is 5.69 Å². The van der Waals surface area contributed by atoms with Crippen molar-refractivity contribution in [2.24, 2.45) is 0 Å². The smallest absolute Gasteiger partial charge is 0.352 e. The van der Waals surface area contributed by atoms with E-state index in [2.05, 4.69) is 15.5 Å². The number of nitrogens with zero attached hydrogens (tertiary/aromatic N) is 4. The Morgan fingerprint density at radius 3 is 2.70 bits per heavy atom. The molecule has 0 fully saturated rings. The maximum atomic E-state index is 12.6. The van der Waals surface area contributed by atoms with E-state index in [9.17, 15) is 18.0 Å². The molecule has 0 bridgehead atoms. The van der Waals surface area contributed by atoms with Crippen LogP contribution >= 0.6 is 0 Å². The van der Waals surface area contributed by atoms with Crippen molar-refractivity contribution in [2.75, 3.05) is 0 Å². The van der Waals surface area contributed by atoms with Crippen LogP contribution in [0.25, 0.3) is 0 Å². The van der Waals surface area contributed by atoms with Crippen molar-refractivity contribution in [1.29, 1.82) is 0 Å². The Kier molecular flexibility index (Phi) is 5.07. The summed E-state index contributed by atoms with van der Waals surface area (Å²) in [6.07, 6.45) is -0.927. The van der Waals surface area contributed by atoms with Gasteiger partial charge in [-0.3, -0.25) is 14.2 Å². The van der Waals surface area contributed by atoms with Crippen LogP contribution in [0.2, 0.25) is 0 Å². The highest BCUT2D eigenvalue weighted by atomic mass is 19.4. The Labute approximate surface area is 131 Å². The molecule has 2 rings (SSSR count). The molecule has 0 radical (unpaired) electrons. The fraction of sp³-hybridized carbons (Fsp3) is 0.500. The first-order valence-electron chi connectivity index (χ1n) is 7.19. The zero-order valence-corrected chi connectivity index (χ0v) is 12.9. The summed E-state index contributed by atoms with van der Waals surface area (Å²) in [5.74, 6) is -0.252. The van der Waals surface area contributed by atoms with Crippen LogP contribution in [0.4, 0.5) is 13.2 Å². The van der Waals surface area contributed by atoms with Gasteiger partial charge in [-0.05, 0) is 19.9 Å². The highest BCUT2D eigenvalue weighted by molar-refractivity contribution is 5.75. The second-order valence-electron chi connectivity index (χ2n) is 5.12. The van der Waals surface area contributed by atoms with Crippen LogP contribution in [0.15, 0.2) is 18.5 Å². The molecule has 0 aliphatic rings. The minimum Gasteiger partial charge on any atom is -0.352 e. The first-order valence-corrected chi connectivity index (χ1v) is 7.19. The van der Waals surface area contributed by atoms with Crippen molar-refractivity contribution in [1.82, 2.24) is 24.9 Å². The van der Waals surface area contributed by atoms with Crippen LogP contribution in [-0.4, -0.2) is 25.5 Å². The Balaban J connectivity index is 1.83. The van der Waals surface area contributed by atoms with Gasteiger partial charge in [0.1, 0.15) is 0 Å². The molecule has 0 saturated heterocycles. The summed E-state index contributed by atoms with van der Waals surface area (Å²) in [5.41, 5.74) is 0.298. The highest BCUT2D eigenvalue weighted by Gasteiger charge is 2.34. The fourth-order valence-corrected chi connectivity index (χ4v) is 2.04. The Bertz CT molecular complexity index is 674. The Morgan fingerprint density at radius 1 is 1.39 bits per heavy atom. The number of aromatic nitrogens is 4. The summed E-state index contributed by atoms with van der Waals surface area (Å²) in [4.78, 5) is 11.8. The summed E-state index contributed by atoms with van der Waals surface area (Å²) in [5, 5.41) is 10.3. The lowest BCUT2D eigenvalue weighted by atomic mass is 10.3. The molecule has 23 heavy (non-hydrogen) atoms. The summed E-state index contributed by atoms with van der Waals surface area (Å²) in [6.45, 7) is 4.66. The Morgan fingerprint density at radius 2 is 2.13 bits per heavy atom. The predicted octanol–water partition coefficient (Wildman–Crippen LogP) is 2.13. The Hall–Kier alpha value is -2.32. The molecule has 9 heteroatoms. The second-order valence-corrected chi connectivity index (χ2v) is 5.12. The first-order chi connectivity index (χ1) is 10.8. The minimum atomic E-state index is -4.47. The summed E-state index contributed by atoms with van der Waals surface area (Å²) >= 11 is 0. The van der Waals surface area contributed by atoms with Gasteiger partial charge >= 0.3 is 6.18 Å². The maximum Gasteiger partial charge on any atom is 0.435 e. The van der Waals surface area contributed by atoms with E-state index in [1.165, 1.54) is 11.6 Å². The molecule has 6 nitrogen and oxygen atoms in total. The van der Waals surface area contributed by atoms with E-state index in [1.54, 1.807) is 10.9 Å². The van der Waals surface area contributed by atoms with E-state index < -0.39 is 11.9 Å². The second kappa shape index (κ2) is 6.84. The van der Waals surface area contributed by atoms with Crippen molar-refractivity contribution >= 4 is 5.91 Å². The van der Waals surface area contributed by atoms with Crippen molar-refractivity contribution in [3.8, 4) is 0 Å². The molecule has 2 aromatic rings. The van der Waals surface area contributed by atoms with Gasteiger partial charge in [-0.2, -0.15) is 23.4 Å². The topological polar surface area (TPSA) is 64.7 Å². The number of halogens is 3. The van der Waals surface area contributed by atoms with Gasteiger partial charge in [-0.25, -0.2) is 0 Å². The van der Waals surface area contributed by atoms with E-state index in [-0.39, 0.29) is 18.9 Å². The van der Waals surface area contributed by atoms with Crippen LogP contribution in [0, 0.1) is 6.92 Å². The van der Waals surface area contributed by atoms with Crippen LogP contribution in [0.3, 0.4) is 0 Å². The van der Waals surface area contributed by atoms with Gasteiger partial charge in [0, 0.05) is 43.5 Å². The van der Waals surface area contributed by atoms with Crippen molar-refractivity contribution in [2.45, 2.75) is 46.1 Å². The summed E-state index contributed by atoms with van der Waals surface area (Å²) in [7, 11) is 0. The van der Waals surface area contributed by atoms with Gasteiger partial charge in [0.05, 0.1) is 6.20 Å². The lowest BCUT2D eigenvalue weighted by Crippen LogP contribution is -2.24. The monoisotopic (exact) mass is 329 g/mol. The molecule has 126 valence electrons. The molecule has 0 aliphatic carbocycles. The van der Waals surface area contributed by atoms with E-state index in [0.717, 1.165) is 18.2 Å². The van der Waals surface area contributed by atoms with Crippen molar-refractivity contribution < 1.29 is 18.0 Å². The highest BCUT2D eigenvalue weighted by Crippen LogP contribution is 2.28. The third-order valence-electron chi connectivity index (χ3n) is 3.32. The number of amides is 1. The van der Waals surface area contributed by atoms with E-state index >= 15 is 0 Å². The predicted molar refractivity (Wildman–Crippen MR) is 76.3 cm³/mol. The molecule has 2 heterocycles. The van der Waals surface area contributed by atoms with Crippen LogP contribution < -0.4 is 5.32 Å². The number of alkyl halides is 3. The lowest BCUT2D eigenvalue weighted by Gasteiger charge is -2.06. The molecule has 1 amide bonds. The zero-order chi connectivity index (χ0) is 17.0. The quantitative estimate of drug-likeness (QED) is 0.883. The molecule has 2 aromatic heterocycles. The zero-order valence-electron chi connectivity index (χ0n) is 12.9.